The molecule has 0 aromatic heterocycles. The molecule has 4 atom stereocenters. The minimum Gasteiger partial charge on any atom is -0.312 e. The minimum atomic E-state index is 0.794. The molecule has 4 unspecified atom stereocenters. The molecule has 2 saturated carbocycles. The third-order valence-corrected chi connectivity index (χ3v) is 5.26. The van der Waals surface area contributed by atoms with E-state index in [1.165, 1.54) is 64.5 Å². The zero-order valence-electron chi connectivity index (χ0n) is 11.3. The summed E-state index contributed by atoms with van der Waals surface area (Å²) in [5.74, 6) is 1.05. The smallest absolute Gasteiger partial charge is 0.0252 e. The molecule has 3 rings (SSSR count). The van der Waals surface area contributed by atoms with Gasteiger partial charge in [0.25, 0.3) is 0 Å². The first-order valence-electron chi connectivity index (χ1n) is 7.87. The lowest BCUT2D eigenvalue weighted by atomic mass is 9.88. The quantitative estimate of drug-likeness (QED) is 0.807. The van der Waals surface area contributed by atoms with Gasteiger partial charge < -0.3 is 5.32 Å². The summed E-state index contributed by atoms with van der Waals surface area (Å²) in [6.07, 6.45) is 11.6. The third kappa shape index (κ3) is 2.39. The van der Waals surface area contributed by atoms with E-state index in [1.807, 2.05) is 0 Å². The summed E-state index contributed by atoms with van der Waals surface area (Å²) >= 11 is 0. The zero-order valence-corrected chi connectivity index (χ0v) is 11.3. The molecule has 17 heavy (non-hydrogen) atoms. The Balaban J connectivity index is 1.62. The molecule has 0 radical (unpaired) electrons. The van der Waals surface area contributed by atoms with E-state index in [0.717, 1.165) is 24.0 Å². The summed E-state index contributed by atoms with van der Waals surface area (Å²) in [5.41, 5.74) is 0. The SMILES string of the molecule is CCCNC1CCCCC1N1CC2CCC1C2. The number of nitrogens with one attached hydrogen (secondary N) is 1. The number of likely N-dealkylation sites (tertiary alicyclic amines) is 1. The number of nitrogens with zero attached hydrogens (tertiary/aromatic N) is 1. The van der Waals surface area contributed by atoms with Crippen molar-refractivity contribution >= 4 is 0 Å². The van der Waals surface area contributed by atoms with E-state index in [4.69, 9.17) is 0 Å². The molecule has 3 fully saturated rings. The van der Waals surface area contributed by atoms with Crippen molar-refractivity contribution in [3.63, 3.8) is 0 Å². The highest BCUT2D eigenvalue weighted by Crippen LogP contribution is 2.41. The molecular formula is C15H28N2. The molecule has 0 spiro atoms. The van der Waals surface area contributed by atoms with Gasteiger partial charge in [-0.25, -0.2) is 0 Å². The fourth-order valence-corrected chi connectivity index (χ4v) is 4.45. The molecule has 2 aliphatic carbocycles. The van der Waals surface area contributed by atoms with Gasteiger partial charge in [0.2, 0.25) is 0 Å². The van der Waals surface area contributed by atoms with Crippen molar-refractivity contribution in [3.05, 3.63) is 0 Å². The fourth-order valence-electron chi connectivity index (χ4n) is 4.45. The maximum absolute atomic E-state index is 3.82. The lowest BCUT2D eigenvalue weighted by molar-refractivity contribution is 0.0905. The van der Waals surface area contributed by atoms with Gasteiger partial charge in [-0.1, -0.05) is 19.8 Å². The summed E-state index contributed by atoms with van der Waals surface area (Å²) in [5, 5.41) is 3.82. The van der Waals surface area contributed by atoms with Gasteiger partial charge in [-0.05, 0) is 51.0 Å². The Labute approximate surface area is 106 Å². The maximum atomic E-state index is 3.82. The van der Waals surface area contributed by atoms with Gasteiger partial charge in [0.1, 0.15) is 0 Å². The predicted octanol–water partition coefficient (Wildman–Crippen LogP) is 2.78. The fraction of sp³-hybridized carbons (Fsp3) is 1.00. The van der Waals surface area contributed by atoms with Crippen molar-refractivity contribution in [2.45, 2.75) is 76.4 Å². The Kier molecular flexibility index (Phi) is 3.72. The molecule has 0 aromatic carbocycles. The Morgan fingerprint density at radius 3 is 2.71 bits per heavy atom. The van der Waals surface area contributed by atoms with E-state index in [0.29, 0.717) is 0 Å². The van der Waals surface area contributed by atoms with Crippen molar-refractivity contribution < 1.29 is 0 Å². The minimum absolute atomic E-state index is 0.794. The van der Waals surface area contributed by atoms with Gasteiger partial charge in [-0.2, -0.15) is 0 Å². The van der Waals surface area contributed by atoms with Crippen LogP contribution >= 0.6 is 0 Å². The molecule has 1 aliphatic heterocycles. The second kappa shape index (κ2) is 5.27. The van der Waals surface area contributed by atoms with Crippen molar-refractivity contribution in [2.24, 2.45) is 5.92 Å². The number of piperidine rings is 1. The van der Waals surface area contributed by atoms with Crippen molar-refractivity contribution in [1.82, 2.24) is 10.2 Å². The van der Waals surface area contributed by atoms with E-state index in [9.17, 15) is 0 Å². The lowest BCUT2D eigenvalue weighted by Crippen LogP contribution is -2.54. The number of fused-ring (bicyclic) bond motifs is 2. The van der Waals surface area contributed by atoms with Crippen LogP contribution in [0.1, 0.15) is 58.3 Å². The highest BCUT2D eigenvalue weighted by molar-refractivity contribution is 4.99. The number of hydrogen-bond donors (Lipinski definition) is 1. The molecular weight excluding hydrogens is 208 g/mol. The third-order valence-electron chi connectivity index (χ3n) is 5.26. The van der Waals surface area contributed by atoms with Crippen molar-refractivity contribution in [1.29, 1.82) is 0 Å². The first kappa shape index (κ1) is 12.0. The predicted molar refractivity (Wildman–Crippen MR) is 72.2 cm³/mol. The van der Waals surface area contributed by atoms with Gasteiger partial charge in [-0.15, -0.1) is 0 Å². The van der Waals surface area contributed by atoms with E-state index >= 15 is 0 Å². The molecule has 98 valence electrons. The van der Waals surface area contributed by atoms with Crippen LogP contribution in [0.15, 0.2) is 0 Å². The Morgan fingerprint density at radius 1 is 1.12 bits per heavy atom. The average Bonchev–Trinajstić information content (AvgIpc) is 2.99. The average molecular weight is 236 g/mol. The van der Waals surface area contributed by atoms with E-state index in [2.05, 4.69) is 17.1 Å². The first-order chi connectivity index (χ1) is 8.38. The van der Waals surface area contributed by atoms with Gasteiger partial charge >= 0.3 is 0 Å². The van der Waals surface area contributed by atoms with Gasteiger partial charge in [-0.3, -0.25) is 4.90 Å². The monoisotopic (exact) mass is 236 g/mol. The van der Waals surface area contributed by atoms with Crippen LogP contribution in [0.3, 0.4) is 0 Å². The molecule has 2 heteroatoms. The van der Waals surface area contributed by atoms with Crippen LogP contribution in [-0.4, -0.2) is 36.1 Å². The number of hydrogen-bond acceptors (Lipinski definition) is 2. The molecule has 1 N–H and O–H groups in total. The van der Waals surface area contributed by atoms with Gasteiger partial charge in [0.05, 0.1) is 0 Å². The van der Waals surface area contributed by atoms with Gasteiger partial charge in [0.15, 0.2) is 0 Å². The molecule has 1 saturated heterocycles. The molecule has 2 nitrogen and oxygen atoms in total. The Hall–Kier alpha value is -0.0800. The van der Waals surface area contributed by atoms with Crippen molar-refractivity contribution in [3.8, 4) is 0 Å². The topological polar surface area (TPSA) is 15.3 Å². The largest absolute Gasteiger partial charge is 0.312 e. The van der Waals surface area contributed by atoms with E-state index in [-0.39, 0.29) is 0 Å². The summed E-state index contributed by atoms with van der Waals surface area (Å²) in [6, 6.07) is 2.61. The van der Waals surface area contributed by atoms with Crippen LogP contribution in [0.25, 0.3) is 0 Å². The van der Waals surface area contributed by atoms with Crippen LogP contribution in [0.2, 0.25) is 0 Å². The summed E-state index contributed by atoms with van der Waals surface area (Å²) in [7, 11) is 0. The van der Waals surface area contributed by atoms with Gasteiger partial charge in [0, 0.05) is 24.7 Å². The first-order valence-corrected chi connectivity index (χ1v) is 7.87. The maximum Gasteiger partial charge on any atom is 0.0252 e. The summed E-state index contributed by atoms with van der Waals surface area (Å²) in [6.45, 7) is 4.91. The molecule has 1 heterocycles. The van der Waals surface area contributed by atoms with Crippen molar-refractivity contribution in [2.75, 3.05) is 13.1 Å². The van der Waals surface area contributed by atoms with Crippen LogP contribution in [0, 0.1) is 5.92 Å². The highest BCUT2D eigenvalue weighted by Gasteiger charge is 2.43. The van der Waals surface area contributed by atoms with Crippen LogP contribution in [0.4, 0.5) is 0 Å². The van der Waals surface area contributed by atoms with Crippen LogP contribution in [0.5, 0.6) is 0 Å². The van der Waals surface area contributed by atoms with Crippen LogP contribution < -0.4 is 5.32 Å². The molecule has 3 aliphatic rings. The number of rotatable bonds is 4. The summed E-state index contributed by atoms with van der Waals surface area (Å²) in [4.78, 5) is 2.89. The Bertz CT molecular complexity index is 253. The highest BCUT2D eigenvalue weighted by atomic mass is 15.2. The zero-order chi connectivity index (χ0) is 11.7. The second-order valence-corrected chi connectivity index (χ2v) is 6.44. The second-order valence-electron chi connectivity index (χ2n) is 6.44. The molecule has 0 amide bonds. The lowest BCUT2D eigenvalue weighted by Gasteiger charge is -2.42. The van der Waals surface area contributed by atoms with E-state index in [1.54, 1.807) is 0 Å². The standard InChI is InChI=1S/C15H28N2/c1-2-9-16-14-5-3-4-6-15(14)17-11-12-7-8-13(17)10-12/h12-16H,2-11H2,1H3. The van der Waals surface area contributed by atoms with E-state index < -0.39 is 0 Å². The summed E-state index contributed by atoms with van der Waals surface area (Å²) < 4.78 is 0. The molecule has 0 aromatic rings. The van der Waals surface area contributed by atoms with Crippen LogP contribution in [-0.2, 0) is 0 Å². The normalized spacial score (nSPS) is 42.2. The Morgan fingerprint density at radius 2 is 2.00 bits per heavy atom. The molecule has 2 bridgehead atoms.